The quantitative estimate of drug-likeness (QED) is 0.186. The van der Waals surface area contributed by atoms with E-state index in [4.69, 9.17) is 20.8 Å². The summed E-state index contributed by atoms with van der Waals surface area (Å²) in [5.41, 5.74) is 3.57. The third-order valence-electron chi connectivity index (χ3n) is 5.72. The molecule has 4 aromatic rings. The normalized spacial score (nSPS) is 14.3. The molecule has 0 N–H and O–H groups in total. The Morgan fingerprint density at radius 1 is 0.972 bits per heavy atom. The smallest absolute Gasteiger partial charge is 0.339 e. The van der Waals surface area contributed by atoms with Gasteiger partial charge in [0.2, 0.25) is 0 Å². The highest BCUT2D eigenvalue weighted by molar-refractivity contribution is 9.10. The molecule has 0 unspecified atom stereocenters. The van der Waals surface area contributed by atoms with Crippen molar-refractivity contribution in [3.05, 3.63) is 123 Å². The zero-order chi connectivity index (χ0) is 25.2. The number of carbonyl (C=O) groups is 2. The average Bonchev–Trinajstić information content (AvgIpc) is 3.50. The first-order valence-corrected chi connectivity index (χ1v) is 12.2. The lowest BCUT2D eigenvalue weighted by atomic mass is 10.1. The molecule has 5 nitrogen and oxygen atoms in total. The molecule has 0 radical (unpaired) electrons. The molecule has 0 aliphatic carbocycles. The Bertz CT molecular complexity index is 1520. The van der Waals surface area contributed by atoms with Gasteiger partial charge in [0.05, 0.1) is 29.1 Å². The van der Waals surface area contributed by atoms with Gasteiger partial charge in [-0.2, -0.15) is 0 Å². The Morgan fingerprint density at radius 3 is 2.44 bits per heavy atom. The number of nitrogens with zero attached hydrogens (tertiary/aromatic N) is 1. The van der Waals surface area contributed by atoms with Gasteiger partial charge >= 0.3 is 5.97 Å². The van der Waals surface area contributed by atoms with Crippen LogP contribution in [0.4, 0.5) is 5.69 Å². The molecule has 0 bridgehead atoms. The van der Waals surface area contributed by atoms with Crippen molar-refractivity contribution in [3.8, 4) is 11.3 Å². The van der Waals surface area contributed by atoms with Gasteiger partial charge in [0.1, 0.15) is 11.5 Å². The Kier molecular flexibility index (Phi) is 6.63. The van der Waals surface area contributed by atoms with Crippen molar-refractivity contribution < 1.29 is 18.7 Å². The van der Waals surface area contributed by atoms with E-state index in [1.54, 1.807) is 29.2 Å². The summed E-state index contributed by atoms with van der Waals surface area (Å²) in [6.07, 6.45) is 3.52. The number of hydrogen-bond acceptors (Lipinski definition) is 4. The summed E-state index contributed by atoms with van der Waals surface area (Å²) in [6, 6.07) is 25.9. The zero-order valence-electron chi connectivity index (χ0n) is 19.1. The summed E-state index contributed by atoms with van der Waals surface area (Å²) in [5.74, 6) is 0.414. The van der Waals surface area contributed by atoms with Crippen LogP contribution in [0.15, 0.2) is 105 Å². The molecule has 3 aromatic carbocycles. The lowest BCUT2D eigenvalue weighted by Crippen LogP contribution is -2.25. The predicted molar refractivity (Wildman–Crippen MR) is 145 cm³/mol. The molecule has 178 valence electrons. The highest BCUT2D eigenvalue weighted by Gasteiger charge is 2.31. The van der Waals surface area contributed by atoms with Crippen LogP contribution in [0.1, 0.15) is 21.7 Å². The largest absolute Gasteiger partial charge is 0.465 e. The van der Waals surface area contributed by atoms with Gasteiger partial charge in [0.25, 0.3) is 5.91 Å². The number of rotatable bonds is 5. The monoisotopic (exact) mass is 559 g/mol. The predicted octanol–water partition coefficient (Wildman–Crippen LogP) is 7.62. The molecular formula is C29H19BrClNO4. The molecule has 0 saturated carbocycles. The van der Waals surface area contributed by atoms with Crippen LogP contribution in [-0.2, 0) is 9.53 Å². The summed E-state index contributed by atoms with van der Waals surface area (Å²) in [5, 5.41) is 0.245. The van der Waals surface area contributed by atoms with Crippen molar-refractivity contribution >= 4 is 56.9 Å². The van der Waals surface area contributed by atoms with E-state index in [-0.39, 0.29) is 16.5 Å². The van der Waals surface area contributed by atoms with E-state index in [0.29, 0.717) is 28.5 Å². The van der Waals surface area contributed by atoms with Gasteiger partial charge in [-0.25, -0.2) is 4.79 Å². The third kappa shape index (κ3) is 4.65. The number of halogens is 2. The fourth-order valence-electron chi connectivity index (χ4n) is 3.96. The first-order valence-electron chi connectivity index (χ1n) is 11.0. The third-order valence-corrected chi connectivity index (χ3v) is 6.58. The van der Waals surface area contributed by atoms with E-state index >= 15 is 0 Å². The average molecular weight is 561 g/mol. The molecule has 7 heteroatoms. The molecule has 5 rings (SSSR count). The van der Waals surface area contributed by atoms with Gasteiger partial charge in [-0.15, -0.1) is 0 Å². The minimum atomic E-state index is -0.578. The van der Waals surface area contributed by atoms with Crippen LogP contribution >= 0.6 is 27.5 Å². The van der Waals surface area contributed by atoms with Crippen molar-refractivity contribution in [2.24, 2.45) is 0 Å². The van der Waals surface area contributed by atoms with Crippen molar-refractivity contribution in [1.82, 2.24) is 0 Å². The van der Waals surface area contributed by atoms with E-state index in [1.165, 1.54) is 7.11 Å². The fourth-order valence-corrected chi connectivity index (χ4v) is 4.42. The molecule has 0 saturated heterocycles. The highest BCUT2D eigenvalue weighted by Crippen LogP contribution is 2.37. The minimum Gasteiger partial charge on any atom is -0.465 e. The second-order valence-electron chi connectivity index (χ2n) is 8.00. The van der Waals surface area contributed by atoms with Crippen LogP contribution in [0.25, 0.3) is 23.1 Å². The number of methoxy groups -OCH3 is 1. The van der Waals surface area contributed by atoms with Gasteiger partial charge < -0.3 is 9.15 Å². The molecular weight excluding hydrogens is 542 g/mol. The number of benzene rings is 3. The summed E-state index contributed by atoms with van der Waals surface area (Å²) < 4.78 is 11.8. The maximum atomic E-state index is 13.7. The zero-order valence-corrected chi connectivity index (χ0v) is 21.4. The van der Waals surface area contributed by atoms with E-state index in [0.717, 1.165) is 15.6 Å². The molecule has 0 fully saturated rings. The van der Waals surface area contributed by atoms with Crippen LogP contribution in [0.5, 0.6) is 0 Å². The number of ether oxygens (including phenoxy) is 1. The maximum absolute atomic E-state index is 13.7. The fraction of sp³-hybridized carbons (Fsp3) is 0.0345. The van der Waals surface area contributed by atoms with Crippen LogP contribution in [-0.4, -0.2) is 19.0 Å². The van der Waals surface area contributed by atoms with E-state index in [9.17, 15) is 9.59 Å². The molecule has 0 atom stereocenters. The standard InChI is InChI=1S/C29H19BrClNO4/c1-35-29(34)24-17-22(11-13-25(24)31)32-26(18-5-3-2-4-6-18)16-20(28(32)33)15-23-12-14-27(36-23)19-7-9-21(30)10-8-19/h2-17H,1H3/b20-15+. The van der Waals surface area contributed by atoms with Gasteiger partial charge in [-0.3, -0.25) is 9.69 Å². The maximum Gasteiger partial charge on any atom is 0.339 e. The topological polar surface area (TPSA) is 59.8 Å². The Balaban J connectivity index is 1.56. The molecule has 1 aromatic heterocycles. The number of carbonyl (C=O) groups excluding carboxylic acids is 2. The van der Waals surface area contributed by atoms with Gasteiger partial charge in [-0.1, -0.05) is 70.0 Å². The molecule has 0 spiro atoms. The van der Waals surface area contributed by atoms with Crippen LogP contribution in [0.2, 0.25) is 5.02 Å². The summed E-state index contributed by atoms with van der Waals surface area (Å²) >= 11 is 9.65. The number of esters is 1. The van der Waals surface area contributed by atoms with Crippen molar-refractivity contribution in [3.63, 3.8) is 0 Å². The minimum absolute atomic E-state index is 0.180. The molecule has 1 amide bonds. The first kappa shape index (κ1) is 23.9. The lowest BCUT2D eigenvalue weighted by Gasteiger charge is -2.21. The highest BCUT2D eigenvalue weighted by atomic mass is 79.9. The summed E-state index contributed by atoms with van der Waals surface area (Å²) in [7, 11) is 1.29. The van der Waals surface area contributed by atoms with Gasteiger partial charge in [0, 0.05) is 15.6 Å². The van der Waals surface area contributed by atoms with Gasteiger partial charge in [-0.05, 0) is 60.2 Å². The molecule has 36 heavy (non-hydrogen) atoms. The van der Waals surface area contributed by atoms with Crippen LogP contribution < -0.4 is 4.90 Å². The van der Waals surface area contributed by atoms with Crippen LogP contribution in [0, 0.1) is 0 Å². The first-order chi connectivity index (χ1) is 17.4. The molecule has 2 heterocycles. The van der Waals surface area contributed by atoms with Crippen LogP contribution in [0.3, 0.4) is 0 Å². The Morgan fingerprint density at radius 2 is 1.72 bits per heavy atom. The van der Waals surface area contributed by atoms with Crippen molar-refractivity contribution in [2.75, 3.05) is 12.0 Å². The van der Waals surface area contributed by atoms with E-state index < -0.39 is 5.97 Å². The number of furan rings is 1. The molecule has 1 aliphatic rings. The second-order valence-corrected chi connectivity index (χ2v) is 9.32. The second kappa shape index (κ2) is 10.0. The van der Waals surface area contributed by atoms with Crippen molar-refractivity contribution in [2.45, 2.75) is 0 Å². The summed E-state index contributed by atoms with van der Waals surface area (Å²) in [4.78, 5) is 27.4. The summed E-state index contributed by atoms with van der Waals surface area (Å²) in [6.45, 7) is 0. The van der Waals surface area contributed by atoms with E-state index in [2.05, 4.69) is 15.9 Å². The van der Waals surface area contributed by atoms with Gasteiger partial charge in [0.15, 0.2) is 0 Å². The van der Waals surface area contributed by atoms with E-state index in [1.807, 2.05) is 72.8 Å². The number of amides is 1. The Labute approximate surface area is 221 Å². The SMILES string of the molecule is COC(=O)c1cc(N2C(=O)/C(=C/c3ccc(-c4ccc(Br)cc4)o3)C=C2c2ccccc2)ccc1Cl. The number of hydrogen-bond donors (Lipinski definition) is 0. The molecule has 1 aliphatic heterocycles. The number of anilines is 1. The van der Waals surface area contributed by atoms with Crippen molar-refractivity contribution in [1.29, 1.82) is 0 Å². The Hall–Kier alpha value is -3.87. The lowest BCUT2D eigenvalue weighted by molar-refractivity contribution is -0.113.